The molecule has 0 aliphatic rings. The van der Waals surface area contributed by atoms with E-state index in [9.17, 15) is 0 Å². The normalized spacial score (nSPS) is 12.2. The van der Waals surface area contributed by atoms with E-state index in [1.165, 1.54) is 0 Å². The van der Waals surface area contributed by atoms with E-state index in [0.717, 1.165) is 22.6 Å². The van der Waals surface area contributed by atoms with Crippen molar-refractivity contribution in [3.05, 3.63) is 59.7 Å². The second-order valence-corrected chi connectivity index (χ2v) is 4.45. The molecule has 0 saturated heterocycles. The zero-order valence-electron chi connectivity index (χ0n) is 11.3. The van der Waals surface area contributed by atoms with Crippen molar-refractivity contribution in [2.75, 3.05) is 7.05 Å². The zero-order valence-corrected chi connectivity index (χ0v) is 11.3. The lowest BCUT2D eigenvalue weighted by molar-refractivity contribution is 0.281. The van der Waals surface area contributed by atoms with Crippen molar-refractivity contribution in [1.29, 1.82) is 0 Å². The van der Waals surface area contributed by atoms with Crippen LogP contribution in [0.15, 0.2) is 48.5 Å². The first kappa shape index (κ1) is 13.6. The van der Waals surface area contributed by atoms with Gasteiger partial charge in [-0.1, -0.05) is 30.3 Å². The first-order valence-corrected chi connectivity index (χ1v) is 6.38. The van der Waals surface area contributed by atoms with Gasteiger partial charge in [0.05, 0.1) is 6.61 Å². The summed E-state index contributed by atoms with van der Waals surface area (Å²) in [7, 11) is 1.93. The fourth-order valence-electron chi connectivity index (χ4n) is 1.88. The van der Waals surface area contributed by atoms with Gasteiger partial charge in [-0.2, -0.15) is 0 Å². The lowest BCUT2D eigenvalue weighted by Crippen LogP contribution is -2.13. The SMILES string of the molecule is CNC(C)c1ccccc1Oc1ccc(CO)cc1. The Morgan fingerprint density at radius 2 is 1.79 bits per heavy atom. The Labute approximate surface area is 113 Å². The predicted octanol–water partition coefficient (Wildman–Crippen LogP) is 3.25. The van der Waals surface area contributed by atoms with Crippen LogP contribution in [-0.2, 0) is 6.61 Å². The smallest absolute Gasteiger partial charge is 0.132 e. The number of hydrogen-bond donors (Lipinski definition) is 2. The van der Waals surface area contributed by atoms with Crippen molar-refractivity contribution < 1.29 is 9.84 Å². The number of rotatable bonds is 5. The van der Waals surface area contributed by atoms with Crippen molar-refractivity contribution in [2.24, 2.45) is 0 Å². The minimum absolute atomic E-state index is 0.0493. The topological polar surface area (TPSA) is 41.5 Å². The van der Waals surface area contributed by atoms with Gasteiger partial charge in [-0.3, -0.25) is 0 Å². The molecule has 0 aliphatic carbocycles. The fourth-order valence-corrected chi connectivity index (χ4v) is 1.88. The molecule has 0 saturated carbocycles. The number of aliphatic hydroxyl groups excluding tert-OH is 1. The molecule has 0 amide bonds. The Morgan fingerprint density at radius 3 is 2.42 bits per heavy atom. The van der Waals surface area contributed by atoms with Crippen LogP contribution in [0, 0.1) is 0 Å². The van der Waals surface area contributed by atoms with E-state index < -0.39 is 0 Å². The van der Waals surface area contributed by atoms with Crippen molar-refractivity contribution in [2.45, 2.75) is 19.6 Å². The first-order chi connectivity index (χ1) is 9.24. The van der Waals surface area contributed by atoms with Gasteiger partial charge in [0.15, 0.2) is 0 Å². The Hall–Kier alpha value is -1.84. The summed E-state index contributed by atoms with van der Waals surface area (Å²) in [6.07, 6.45) is 0. The van der Waals surface area contributed by atoms with Crippen LogP contribution < -0.4 is 10.1 Å². The molecular weight excluding hydrogens is 238 g/mol. The van der Waals surface area contributed by atoms with E-state index in [4.69, 9.17) is 9.84 Å². The average molecular weight is 257 g/mol. The molecule has 0 bridgehead atoms. The summed E-state index contributed by atoms with van der Waals surface area (Å²) in [5, 5.41) is 12.2. The minimum Gasteiger partial charge on any atom is -0.457 e. The molecule has 2 aromatic carbocycles. The van der Waals surface area contributed by atoms with Crippen molar-refractivity contribution in [3.8, 4) is 11.5 Å². The number of para-hydroxylation sites is 1. The van der Waals surface area contributed by atoms with E-state index >= 15 is 0 Å². The molecule has 19 heavy (non-hydrogen) atoms. The molecule has 0 fully saturated rings. The molecular formula is C16H19NO2. The highest BCUT2D eigenvalue weighted by Crippen LogP contribution is 2.29. The third-order valence-electron chi connectivity index (χ3n) is 3.15. The molecule has 0 spiro atoms. The lowest BCUT2D eigenvalue weighted by Gasteiger charge is -2.16. The maximum atomic E-state index is 9.02. The second kappa shape index (κ2) is 6.36. The van der Waals surface area contributed by atoms with E-state index in [-0.39, 0.29) is 12.6 Å². The van der Waals surface area contributed by atoms with Crippen molar-refractivity contribution in [3.63, 3.8) is 0 Å². The van der Waals surface area contributed by atoms with E-state index in [1.807, 2.05) is 49.5 Å². The predicted molar refractivity (Wildman–Crippen MR) is 76.4 cm³/mol. The molecule has 3 nitrogen and oxygen atoms in total. The van der Waals surface area contributed by atoms with Gasteiger partial charge < -0.3 is 15.2 Å². The summed E-state index contributed by atoms with van der Waals surface area (Å²) in [4.78, 5) is 0. The maximum absolute atomic E-state index is 9.02. The molecule has 1 unspecified atom stereocenters. The maximum Gasteiger partial charge on any atom is 0.132 e. The largest absolute Gasteiger partial charge is 0.457 e. The highest BCUT2D eigenvalue weighted by atomic mass is 16.5. The quantitative estimate of drug-likeness (QED) is 0.864. The van der Waals surface area contributed by atoms with Crippen LogP contribution in [0.2, 0.25) is 0 Å². The van der Waals surface area contributed by atoms with E-state index in [2.05, 4.69) is 18.3 Å². The van der Waals surface area contributed by atoms with Crippen LogP contribution in [0.5, 0.6) is 11.5 Å². The van der Waals surface area contributed by atoms with E-state index in [0.29, 0.717) is 0 Å². The van der Waals surface area contributed by atoms with Gasteiger partial charge in [0.25, 0.3) is 0 Å². The third-order valence-corrected chi connectivity index (χ3v) is 3.15. The minimum atomic E-state index is 0.0493. The summed E-state index contributed by atoms with van der Waals surface area (Å²) in [5.74, 6) is 1.62. The number of ether oxygens (including phenoxy) is 1. The summed E-state index contributed by atoms with van der Waals surface area (Å²) in [6, 6.07) is 15.7. The third kappa shape index (κ3) is 3.34. The molecule has 0 heterocycles. The molecule has 0 aromatic heterocycles. The average Bonchev–Trinajstić information content (AvgIpc) is 2.48. The Kier molecular flexibility index (Phi) is 4.55. The molecule has 100 valence electrons. The molecule has 2 N–H and O–H groups in total. The summed E-state index contributed by atoms with van der Waals surface area (Å²) in [6.45, 7) is 2.14. The van der Waals surface area contributed by atoms with Crippen LogP contribution in [-0.4, -0.2) is 12.2 Å². The molecule has 0 aliphatic heterocycles. The van der Waals surface area contributed by atoms with Crippen LogP contribution in [0.3, 0.4) is 0 Å². The van der Waals surface area contributed by atoms with Crippen molar-refractivity contribution >= 4 is 0 Å². The molecule has 0 radical (unpaired) electrons. The van der Waals surface area contributed by atoms with Crippen LogP contribution in [0.1, 0.15) is 24.1 Å². The monoisotopic (exact) mass is 257 g/mol. The number of hydrogen-bond acceptors (Lipinski definition) is 3. The summed E-state index contributed by atoms with van der Waals surface area (Å²) < 4.78 is 5.91. The van der Waals surface area contributed by atoms with Gasteiger partial charge in [-0.15, -0.1) is 0 Å². The molecule has 2 rings (SSSR count). The number of benzene rings is 2. The Bertz CT molecular complexity index is 523. The van der Waals surface area contributed by atoms with E-state index in [1.54, 1.807) is 0 Å². The standard InChI is InChI=1S/C16H19NO2/c1-12(17-2)15-5-3-4-6-16(15)19-14-9-7-13(11-18)8-10-14/h3-10,12,17-18H,11H2,1-2H3. The van der Waals surface area contributed by atoms with Gasteiger partial charge >= 0.3 is 0 Å². The van der Waals surface area contributed by atoms with Crippen LogP contribution in [0.4, 0.5) is 0 Å². The molecule has 1 atom stereocenters. The van der Waals surface area contributed by atoms with Gasteiger partial charge in [-0.25, -0.2) is 0 Å². The van der Waals surface area contributed by atoms with Gasteiger partial charge in [-0.05, 0) is 37.7 Å². The van der Waals surface area contributed by atoms with Crippen molar-refractivity contribution in [1.82, 2.24) is 5.32 Å². The highest BCUT2D eigenvalue weighted by Gasteiger charge is 2.09. The second-order valence-electron chi connectivity index (χ2n) is 4.45. The number of aliphatic hydroxyl groups is 1. The summed E-state index contributed by atoms with van der Waals surface area (Å²) >= 11 is 0. The van der Waals surface area contributed by atoms with Gasteiger partial charge in [0.1, 0.15) is 11.5 Å². The number of nitrogens with one attached hydrogen (secondary N) is 1. The summed E-state index contributed by atoms with van der Waals surface area (Å²) in [5.41, 5.74) is 2.00. The highest BCUT2D eigenvalue weighted by molar-refractivity contribution is 5.40. The lowest BCUT2D eigenvalue weighted by atomic mass is 10.1. The zero-order chi connectivity index (χ0) is 13.7. The van der Waals surface area contributed by atoms with Crippen LogP contribution >= 0.6 is 0 Å². The molecule has 3 heteroatoms. The fraction of sp³-hybridized carbons (Fsp3) is 0.250. The Balaban J connectivity index is 2.22. The van der Waals surface area contributed by atoms with Crippen LogP contribution in [0.25, 0.3) is 0 Å². The first-order valence-electron chi connectivity index (χ1n) is 6.38. The van der Waals surface area contributed by atoms with Gasteiger partial charge in [0, 0.05) is 11.6 Å². The molecule has 2 aromatic rings. The Morgan fingerprint density at radius 1 is 1.11 bits per heavy atom. The van der Waals surface area contributed by atoms with Gasteiger partial charge in [0.2, 0.25) is 0 Å².